The molecule has 2 aliphatic heterocycles. The molecule has 0 aliphatic carbocycles. The van der Waals surface area contributed by atoms with E-state index in [1.807, 2.05) is 6.92 Å². The lowest BCUT2D eigenvalue weighted by atomic mass is 9.77. The maximum Gasteiger partial charge on any atom is 0.372 e. The third-order valence-electron chi connectivity index (χ3n) is 6.79. The van der Waals surface area contributed by atoms with Crippen molar-refractivity contribution in [1.82, 2.24) is 14.3 Å². The first-order valence-corrected chi connectivity index (χ1v) is 12.6. The number of hydrogen-bond donors (Lipinski definition) is 1. The lowest BCUT2D eigenvalue weighted by Gasteiger charge is -2.47. The Morgan fingerprint density at radius 3 is 2.78 bits per heavy atom. The van der Waals surface area contributed by atoms with Crippen LogP contribution in [0, 0.1) is 11.8 Å². The molecule has 5 heterocycles. The summed E-state index contributed by atoms with van der Waals surface area (Å²) in [6, 6.07) is 2.79. The minimum Gasteiger partial charge on any atom is -0.543 e. The standard InChI is InChI=1S/C25H24N4O7S/c1-4-36-16(31)10-27-7-5-6-14(8-27)22(32)19-24-28(11-26-19)9-15(37-24)17-12(2)20-18(13(3)30)23(33)29(20)21(17)25(34)35/h5-9,11-13,18,20,30H,4,10H2,1-3H3/t12-,13+,18+,20+/m0/s1. The molecule has 192 valence electrons. The van der Waals surface area contributed by atoms with Crippen molar-refractivity contribution < 1.29 is 38.7 Å². The third-order valence-corrected chi connectivity index (χ3v) is 7.94. The number of amides is 1. The predicted octanol–water partition coefficient (Wildman–Crippen LogP) is -0.204. The second kappa shape index (κ2) is 9.20. The van der Waals surface area contributed by atoms with E-state index in [9.17, 15) is 29.4 Å². The molecule has 2 aliphatic rings. The van der Waals surface area contributed by atoms with Crippen LogP contribution in [-0.2, 0) is 25.7 Å². The van der Waals surface area contributed by atoms with Crippen molar-refractivity contribution in [3.63, 3.8) is 0 Å². The second-order valence-electron chi connectivity index (χ2n) is 9.10. The molecule has 3 aromatic heterocycles. The Morgan fingerprint density at radius 1 is 1.35 bits per heavy atom. The Kier molecular flexibility index (Phi) is 6.16. The number of rotatable bonds is 8. The molecule has 1 N–H and O–H groups in total. The van der Waals surface area contributed by atoms with Crippen LogP contribution in [0.15, 0.2) is 42.7 Å². The first-order valence-electron chi connectivity index (χ1n) is 11.8. The molecule has 1 saturated heterocycles. The largest absolute Gasteiger partial charge is 0.543 e. The molecule has 4 atom stereocenters. The van der Waals surface area contributed by atoms with Crippen molar-refractivity contribution in [1.29, 1.82) is 0 Å². The second-order valence-corrected chi connectivity index (χ2v) is 10.1. The van der Waals surface area contributed by atoms with Gasteiger partial charge in [-0.2, -0.15) is 4.57 Å². The Bertz CT molecular complexity index is 1490. The molecular formula is C25H24N4O7S. The van der Waals surface area contributed by atoms with Crippen LogP contribution in [-0.4, -0.2) is 61.8 Å². The summed E-state index contributed by atoms with van der Waals surface area (Å²) >= 11 is 1.19. The molecular weight excluding hydrogens is 500 g/mol. The summed E-state index contributed by atoms with van der Waals surface area (Å²) in [5.74, 6) is -3.75. The number of hydrogen-bond acceptors (Lipinski definition) is 9. The molecule has 0 saturated carbocycles. The normalized spacial score (nSPS) is 21.7. The fourth-order valence-electron chi connectivity index (χ4n) is 5.21. The fraction of sp³-hybridized carbons (Fsp3) is 0.360. The number of ether oxygens (including phenoxy) is 1. The molecule has 37 heavy (non-hydrogen) atoms. The van der Waals surface area contributed by atoms with E-state index in [0.29, 0.717) is 20.8 Å². The number of esters is 1. The highest BCUT2D eigenvalue weighted by Crippen LogP contribution is 2.51. The summed E-state index contributed by atoms with van der Waals surface area (Å²) in [6.45, 7) is 5.26. The predicted molar refractivity (Wildman–Crippen MR) is 127 cm³/mol. The van der Waals surface area contributed by atoms with Crippen LogP contribution < -0.4 is 9.67 Å². The number of pyridine rings is 1. The number of thiazole rings is 1. The average molecular weight is 525 g/mol. The van der Waals surface area contributed by atoms with E-state index < -0.39 is 35.9 Å². The maximum atomic E-state index is 13.3. The van der Waals surface area contributed by atoms with Gasteiger partial charge in [-0.3, -0.25) is 14.0 Å². The molecule has 11 nitrogen and oxygen atoms in total. The molecule has 1 amide bonds. The van der Waals surface area contributed by atoms with E-state index in [0.717, 1.165) is 0 Å². The monoisotopic (exact) mass is 524 g/mol. The highest BCUT2D eigenvalue weighted by molar-refractivity contribution is 7.18. The van der Waals surface area contributed by atoms with Crippen molar-refractivity contribution in [2.75, 3.05) is 6.61 Å². The number of aliphatic hydroxyl groups is 1. The number of carbonyl (C=O) groups is 4. The Hall–Kier alpha value is -3.90. The van der Waals surface area contributed by atoms with Crippen molar-refractivity contribution in [2.45, 2.75) is 39.5 Å². The van der Waals surface area contributed by atoms with Gasteiger partial charge in [0.2, 0.25) is 18.2 Å². The van der Waals surface area contributed by atoms with E-state index in [1.165, 1.54) is 29.5 Å². The number of carbonyl (C=O) groups excluding carboxylic acids is 4. The number of carboxylic acid groups (broad SMARTS) is 1. The molecule has 1 fully saturated rings. The fourth-order valence-corrected chi connectivity index (χ4v) is 6.42. The van der Waals surface area contributed by atoms with E-state index >= 15 is 0 Å². The summed E-state index contributed by atoms with van der Waals surface area (Å²) < 4.78 is 8.15. The maximum absolute atomic E-state index is 13.3. The summed E-state index contributed by atoms with van der Waals surface area (Å²) in [6.07, 6.45) is 5.43. The average Bonchev–Trinajstić information content (AvgIpc) is 3.48. The van der Waals surface area contributed by atoms with Gasteiger partial charge in [-0.1, -0.05) is 6.92 Å². The van der Waals surface area contributed by atoms with Crippen molar-refractivity contribution in [2.24, 2.45) is 11.8 Å². The van der Waals surface area contributed by atoms with Gasteiger partial charge < -0.3 is 24.6 Å². The van der Waals surface area contributed by atoms with Gasteiger partial charge in [-0.25, -0.2) is 9.78 Å². The van der Waals surface area contributed by atoms with Crippen LogP contribution in [0.1, 0.15) is 41.7 Å². The van der Waals surface area contributed by atoms with Gasteiger partial charge in [0, 0.05) is 23.8 Å². The van der Waals surface area contributed by atoms with Gasteiger partial charge in [0.1, 0.15) is 16.9 Å². The number of aliphatic carboxylic acids is 1. The minimum absolute atomic E-state index is 0.0431. The van der Waals surface area contributed by atoms with Gasteiger partial charge in [-0.15, -0.1) is 11.3 Å². The van der Waals surface area contributed by atoms with Crippen molar-refractivity contribution >= 4 is 45.4 Å². The first kappa shape index (κ1) is 24.8. The van der Waals surface area contributed by atoms with E-state index in [2.05, 4.69) is 4.98 Å². The Labute approximate surface area is 215 Å². The van der Waals surface area contributed by atoms with Crippen LogP contribution in [0.3, 0.4) is 0 Å². The molecule has 0 radical (unpaired) electrons. The highest BCUT2D eigenvalue weighted by atomic mass is 32.1. The summed E-state index contributed by atoms with van der Waals surface area (Å²) in [5.41, 5.74) is 0.724. The van der Waals surface area contributed by atoms with Crippen LogP contribution in [0.25, 0.3) is 10.4 Å². The third kappa shape index (κ3) is 3.92. The van der Waals surface area contributed by atoms with Crippen molar-refractivity contribution in [3.8, 4) is 0 Å². The zero-order valence-corrected chi connectivity index (χ0v) is 21.1. The van der Waals surface area contributed by atoms with E-state index in [4.69, 9.17) is 4.74 Å². The van der Waals surface area contributed by atoms with Gasteiger partial charge >= 0.3 is 5.97 Å². The zero-order valence-electron chi connectivity index (χ0n) is 20.3. The summed E-state index contributed by atoms with van der Waals surface area (Å²) in [7, 11) is 0. The molecule has 5 rings (SSSR count). The zero-order chi connectivity index (χ0) is 26.6. The minimum atomic E-state index is -1.47. The van der Waals surface area contributed by atoms with E-state index in [1.54, 1.807) is 46.6 Å². The number of nitrogens with zero attached hydrogens (tertiary/aromatic N) is 4. The van der Waals surface area contributed by atoms with Gasteiger partial charge in [-0.05, 0) is 19.9 Å². The quantitative estimate of drug-likeness (QED) is 0.185. The lowest BCUT2D eigenvalue weighted by molar-refractivity contribution is -0.686. The van der Waals surface area contributed by atoms with E-state index in [-0.39, 0.29) is 36.2 Å². The highest BCUT2D eigenvalue weighted by Gasteiger charge is 2.58. The first-order chi connectivity index (χ1) is 17.6. The molecule has 3 aromatic rings. The van der Waals surface area contributed by atoms with Gasteiger partial charge in [0.05, 0.1) is 46.8 Å². The summed E-state index contributed by atoms with van der Waals surface area (Å²) in [5, 5.41) is 22.1. The molecule has 0 spiro atoms. The molecule has 0 aromatic carbocycles. The molecule has 0 bridgehead atoms. The van der Waals surface area contributed by atoms with Crippen molar-refractivity contribution in [3.05, 3.63) is 58.9 Å². The number of aliphatic hydroxyl groups excluding tert-OH is 1. The number of β-lactam (4-membered cyclic amide) rings is 1. The number of carboxylic acids is 1. The lowest BCUT2D eigenvalue weighted by Crippen LogP contribution is -2.64. The smallest absolute Gasteiger partial charge is 0.372 e. The van der Waals surface area contributed by atoms with Crippen LogP contribution >= 0.6 is 11.3 Å². The molecule has 0 unspecified atom stereocenters. The number of aromatic nitrogens is 3. The van der Waals surface area contributed by atoms with Gasteiger partial charge in [0.15, 0.2) is 12.4 Å². The van der Waals surface area contributed by atoms with Gasteiger partial charge in [0.25, 0.3) is 0 Å². The summed E-state index contributed by atoms with van der Waals surface area (Å²) in [4.78, 5) is 56.4. The van der Waals surface area contributed by atoms with Crippen LogP contribution in [0.2, 0.25) is 0 Å². The van der Waals surface area contributed by atoms with Crippen LogP contribution in [0.4, 0.5) is 0 Å². The van der Waals surface area contributed by atoms with Crippen LogP contribution in [0.5, 0.6) is 0 Å². The number of imidazole rings is 1. The Morgan fingerprint density at radius 2 is 2.11 bits per heavy atom. The number of fused-ring (bicyclic) bond motifs is 2. The topological polar surface area (TPSA) is 145 Å². The molecule has 12 heteroatoms. The Balaban J connectivity index is 1.50. The SMILES string of the molecule is CCOC(=O)C[n+]1cccc(C(=O)c2ncn3cc(C4=C(C(=O)[O-])N5C(=O)[C@H]([C@@H](C)O)[C@H]5[C@H]4C)sc23)c1. The number of ketones is 1.